The molecule has 0 bridgehead atoms. The molecule has 1 saturated heterocycles. The van der Waals surface area contributed by atoms with Gasteiger partial charge in [0.25, 0.3) is 0 Å². The van der Waals surface area contributed by atoms with Gasteiger partial charge >= 0.3 is 0 Å². The van der Waals surface area contributed by atoms with Gasteiger partial charge in [0.2, 0.25) is 16.8 Å². The molecular formula is C15H21BrN2O4S. The number of fused-ring (bicyclic) bond motifs is 1. The zero-order valence-electron chi connectivity index (χ0n) is 13.0. The number of likely N-dealkylation sites (tertiary alicyclic amines) is 1. The zero-order valence-corrected chi connectivity index (χ0v) is 15.5. The van der Waals surface area contributed by atoms with Gasteiger partial charge in [-0.2, -0.15) is 0 Å². The summed E-state index contributed by atoms with van der Waals surface area (Å²) in [4.78, 5) is 2.36. The summed E-state index contributed by atoms with van der Waals surface area (Å²) < 4.78 is 36.9. The monoisotopic (exact) mass is 404 g/mol. The van der Waals surface area contributed by atoms with Gasteiger partial charge in [-0.15, -0.1) is 0 Å². The van der Waals surface area contributed by atoms with Crippen molar-refractivity contribution in [1.82, 2.24) is 9.62 Å². The van der Waals surface area contributed by atoms with Crippen LogP contribution in [0.3, 0.4) is 0 Å². The van der Waals surface area contributed by atoms with E-state index in [2.05, 4.69) is 31.6 Å². The van der Waals surface area contributed by atoms with Crippen LogP contribution in [0.1, 0.15) is 18.4 Å². The molecule has 0 radical (unpaired) electrons. The average molecular weight is 405 g/mol. The summed E-state index contributed by atoms with van der Waals surface area (Å²) in [5.74, 6) is 1.90. The molecular weight excluding hydrogens is 384 g/mol. The summed E-state index contributed by atoms with van der Waals surface area (Å²) in [5.41, 5.74) is 1.16. The number of sulfonamides is 1. The van der Waals surface area contributed by atoms with E-state index >= 15 is 0 Å². The number of hydrogen-bond donors (Lipinski definition) is 1. The summed E-state index contributed by atoms with van der Waals surface area (Å²) in [6, 6.07) is 4.08. The summed E-state index contributed by atoms with van der Waals surface area (Å²) in [6.45, 7) is 3.53. The Balaban J connectivity index is 1.61. The minimum absolute atomic E-state index is 0.264. The van der Waals surface area contributed by atoms with Crippen molar-refractivity contribution in [2.75, 3.05) is 32.7 Å². The van der Waals surface area contributed by atoms with Gasteiger partial charge in [0, 0.05) is 19.6 Å². The Morgan fingerprint density at radius 3 is 3.00 bits per heavy atom. The van der Waals surface area contributed by atoms with Crippen molar-refractivity contribution in [2.45, 2.75) is 19.4 Å². The van der Waals surface area contributed by atoms with Gasteiger partial charge in [0.1, 0.15) is 0 Å². The number of halogens is 1. The molecule has 0 spiro atoms. The molecule has 2 heterocycles. The second kappa shape index (κ2) is 6.96. The molecule has 0 aliphatic carbocycles. The Kier molecular flexibility index (Phi) is 5.15. The van der Waals surface area contributed by atoms with E-state index in [0.717, 1.165) is 54.0 Å². The summed E-state index contributed by atoms with van der Waals surface area (Å²) in [7, 11) is -3.12. The molecule has 2 aliphatic rings. The molecule has 3 rings (SSSR count). The first-order valence-electron chi connectivity index (χ1n) is 7.66. The van der Waals surface area contributed by atoms with E-state index < -0.39 is 10.0 Å². The lowest BCUT2D eigenvalue weighted by Gasteiger charge is -2.32. The van der Waals surface area contributed by atoms with Crippen LogP contribution in [0.5, 0.6) is 11.5 Å². The fraction of sp³-hybridized carbons (Fsp3) is 0.600. The molecule has 128 valence electrons. The van der Waals surface area contributed by atoms with Crippen molar-refractivity contribution in [1.29, 1.82) is 0 Å². The predicted molar refractivity (Wildman–Crippen MR) is 91.1 cm³/mol. The van der Waals surface area contributed by atoms with E-state index in [1.165, 1.54) is 6.26 Å². The molecule has 2 aliphatic heterocycles. The van der Waals surface area contributed by atoms with Crippen LogP contribution < -0.4 is 14.2 Å². The van der Waals surface area contributed by atoms with Crippen LogP contribution in [0.15, 0.2) is 16.6 Å². The van der Waals surface area contributed by atoms with Gasteiger partial charge in [0.15, 0.2) is 11.5 Å². The van der Waals surface area contributed by atoms with E-state index in [-0.39, 0.29) is 6.79 Å². The molecule has 0 aromatic heterocycles. The third-order valence-electron chi connectivity index (χ3n) is 4.13. The van der Waals surface area contributed by atoms with Crippen LogP contribution in [-0.4, -0.2) is 46.0 Å². The topological polar surface area (TPSA) is 67.9 Å². The number of ether oxygens (including phenoxy) is 2. The number of benzene rings is 1. The minimum atomic E-state index is -3.12. The molecule has 23 heavy (non-hydrogen) atoms. The van der Waals surface area contributed by atoms with Crippen LogP contribution in [0.25, 0.3) is 0 Å². The van der Waals surface area contributed by atoms with Crippen LogP contribution in [-0.2, 0) is 16.6 Å². The molecule has 1 atom stereocenters. The van der Waals surface area contributed by atoms with Crippen molar-refractivity contribution in [3.05, 3.63) is 22.2 Å². The molecule has 8 heteroatoms. The summed E-state index contributed by atoms with van der Waals surface area (Å²) >= 11 is 3.52. The lowest BCUT2D eigenvalue weighted by atomic mass is 9.98. The number of piperidine rings is 1. The molecule has 1 fully saturated rings. The molecule has 0 saturated carbocycles. The first kappa shape index (κ1) is 17.0. The Labute approximate surface area is 145 Å². The second-order valence-corrected chi connectivity index (χ2v) is 8.86. The largest absolute Gasteiger partial charge is 0.454 e. The van der Waals surface area contributed by atoms with Crippen LogP contribution in [0.4, 0.5) is 0 Å². The van der Waals surface area contributed by atoms with Gasteiger partial charge in [-0.25, -0.2) is 13.1 Å². The highest BCUT2D eigenvalue weighted by molar-refractivity contribution is 9.10. The highest BCUT2D eigenvalue weighted by Gasteiger charge is 2.23. The number of nitrogens with zero attached hydrogens (tertiary/aromatic N) is 1. The lowest BCUT2D eigenvalue weighted by Crippen LogP contribution is -2.40. The maximum absolute atomic E-state index is 11.2. The quantitative estimate of drug-likeness (QED) is 0.811. The van der Waals surface area contributed by atoms with E-state index in [1.807, 2.05) is 6.07 Å². The minimum Gasteiger partial charge on any atom is -0.454 e. The van der Waals surface area contributed by atoms with E-state index in [1.54, 1.807) is 0 Å². The number of rotatable bonds is 5. The third-order valence-corrected chi connectivity index (χ3v) is 5.41. The highest BCUT2D eigenvalue weighted by Crippen LogP contribution is 2.40. The Morgan fingerprint density at radius 2 is 2.22 bits per heavy atom. The van der Waals surface area contributed by atoms with Gasteiger partial charge < -0.3 is 9.47 Å². The van der Waals surface area contributed by atoms with Crippen LogP contribution >= 0.6 is 15.9 Å². The van der Waals surface area contributed by atoms with E-state index in [4.69, 9.17) is 9.47 Å². The van der Waals surface area contributed by atoms with Crippen molar-refractivity contribution in [3.8, 4) is 11.5 Å². The summed E-state index contributed by atoms with van der Waals surface area (Å²) in [6.07, 6.45) is 3.35. The molecule has 1 N–H and O–H groups in total. The number of hydrogen-bond acceptors (Lipinski definition) is 5. The molecule has 1 aromatic rings. The van der Waals surface area contributed by atoms with E-state index in [0.29, 0.717) is 12.5 Å². The van der Waals surface area contributed by atoms with Gasteiger partial charge in [-0.1, -0.05) is 0 Å². The Hall–Kier alpha value is -0.830. The predicted octanol–water partition coefficient (Wildman–Crippen LogP) is 1.94. The first-order chi connectivity index (χ1) is 10.9. The third kappa shape index (κ3) is 4.59. The van der Waals surface area contributed by atoms with Gasteiger partial charge in [-0.3, -0.25) is 4.90 Å². The maximum atomic E-state index is 11.2. The highest BCUT2D eigenvalue weighted by atomic mass is 79.9. The van der Waals surface area contributed by atoms with Gasteiger partial charge in [0.05, 0.1) is 10.7 Å². The van der Waals surface area contributed by atoms with Crippen molar-refractivity contribution in [2.24, 2.45) is 5.92 Å². The lowest BCUT2D eigenvalue weighted by molar-refractivity contribution is 0.168. The summed E-state index contributed by atoms with van der Waals surface area (Å²) in [5, 5.41) is 0. The fourth-order valence-corrected chi connectivity index (χ4v) is 4.24. The molecule has 1 unspecified atom stereocenters. The standard InChI is InChI=1S/C15H21BrN2O4S/c1-23(19,20)17-7-11-3-2-4-18(8-11)9-12-5-13(16)15-14(6-12)21-10-22-15/h5-6,11,17H,2-4,7-10H2,1H3. The van der Waals surface area contributed by atoms with Crippen molar-refractivity contribution < 1.29 is 17.9 Å². The molecule has 0 amide bonds. The maximum Gasteiger partial charge on any atom is 0.231 e. The smallest absolute Gasteiger partial charge is 0.231 e. The Bertz CT molecular complexity index is 680. The molecule has 1 aromatic carbocycles. The number of nitrogens with one attached hydrogen (secondary N) is 1. The van der Waals surface area contributed by atoms with Crippen molar-refractivity contribution in [3.63, 3.8) is 0 Å². The van der Waals surface area contributed by atoms with Gasteiger partial charge in [-0.05, 0) is 58.9 Å². The Morgan fingerprint density at radius 1 is 1.39 bits per heavy atom. The average Bonchev–Trinajstić information content (AvgIpc) is 2.94. The normalized spacial score (nSPS) is 21.6. The zero-order chi connectivity index (χ0) is 16.4. The first-order valence-corrected chi connectivity index (χ1v) is 10.3. The van der Waals surface area contributed by atoms with Crippen LogP contribution in [0, 0.1) is 5.92 Å². The fourth-order valence-electron chi connectivity index (χ4n) is 3.10. The second-order valence-electron chi connectivity index (χ2n) is 6.18. The van der Waals surface area contributed by atoms with Crippen molar-refractivity contribution >= 4 is 26.0 Å². The SMILES string of the molecule is CS(=O)(=O)NCC1CCCN(Cc2cc(Br)c3c(c2)OCO3)C1. The van der Waals surface area contributed by atoms with E-state index in [9.17, 15) is 8.42 Å². The van der Waals surface area contributed by atoms with Crippen LogP contribution in [0.2, 0.25) is 0 Å². The molecule has 6 nitrogen and oxygen atoms in total.